The zero-order valence-corrected chi connectivity index (χ0v) is 37.3. The Morgan fingerprint density at radius 3 is 2.16 bits per heavy atom. The summed E-state index contributed by atoms with van der Waals surface area (Å²) in [7, 11) is 1.44. The molecule has 9 unspecified atom stereocenters. The van der Waals surface area contributed by atoms with Crippen molar-refractivity contribution in [2.24, 2.45) is 23.7 Å². The van der Waals surface area contributed by atoms with Crippen LogP contribution in [-0.4, -0.2) is 118 Å². The van der Waals surface area contributed by atoms with E-state index in [2.05, 4.69) is 5.32 Å². The van der Waals surface area contributed by atoms with Gasteiger partial charge in [0.25, 0.3) is 17.6 Å². The predicted molar refractivity (Wildman–Crippen MR) is 228 cm³/mol. The van der Waals surface area contributed by atoms with E-state index in [-0.39, 0.29) is 44.7 Å². The first-order chi connectivity index (χ1) is 28.7. The number of carbonyl (C=O) groups excluding carboxylic acids is 4. The minimum Gasteiger partial charge on any atom is -0.507 e. The maximum absolute atomic E-state index is 14.6. The van der Waals surface area contributed by atoms with Gasteiger partial charge in [-0.15, -0.1) is 0 Å². The number of aliphatic hydroxyl groups is 2. The molecule has 0 saturated heterocycles. The topological polar surface area (TPSA) is 214 Å². The van der Waals surface area contributed by atoms with Crippen molar-refractivity contribution in [3.63, 3.8) is 0 Å². The van der Waals surface area contributed by atoms with E-state index in [1.54, 1.807) is 39.8 Å². The summed E-state index contributed by atoms with van der Waals surface area (Å²) in [4.78, 5) is 54.1. The largest absolute Gasteiger partial charge is 0.507 e. The lowest BCUT2D eigenvalue weighted by Crippen LogP contribution is -2.48. The fourth-order valence-corrected chi connectivity index (χ4v) is 8.06. The van der Waals surface area contributed by atoms with Crippen molar-refractivity contribution >= 4 is 40.0 Å². The fraction of sp³-hybridized carbons (Fsp3) is 0.556. The lowest BCUT2D eigenvalue weighted by atomic mass is 9.78. The number of aromatic hydroxyl groups is 2. The van der Waals surface area contributed by atoms with Gasteiger partial charge in [0, 0.05) is 86.9 Å². The summed E-state index contributed by atoms with van der Waals surface area (Å²) in [5, 5.41) is 52.0. The zero-order valence-electron chi connectivity index (χ0n) is 37.3. The second-order valence-electron chi connectivity index (χ2n) is 15.9. The van der Waals surface area contributed by atoms with Crippen LogP contribution in [0.4, 0.5) is 5.69 Å². The van der Waals surface area contributed by atoms with Gasteiger partial charge in [-0.05, 0) is 26.8 Å². The number of hydrogen-bond acceptors (Lipinski definition) is 14. The second kappa shape index (κ2) is 20.1. The van der Waals surface area contributed by atoms with E-state index >= 15 is 0 Å². The number of ketones is 1. The lowest BCUT2D eigenvalue weighted by Gasteiger charge is -2.38. The number of allylic oxidation sites excluding steroid dienone is 2. The van der Waals surface area contributed by atoms with E-state index in [0.717, 1.165) is 0 Å². The quantitative estimate of drug-likeness (QED) is 0.119. The molecule has 61 heavy (non-hydrogen) atoms. The van der Waals surface area contributed by atoms with Crippen LogP contribution in [0.1, 0.15) is 85.2 Å². The van der Waals surface area contributed by atoms with Gasteiger partial charge in [-0.1, -0.05) is 59.8 Å². The number of hydrogen-bond donors (Lipinski definition) is 5. The molecule has 9 atom stereocenters. The summed E-state index contributed by atoms with van der Waals surface area (Å²) in [6.07, 6.45) is 3.59. The van der Waals surface area contributed by atoms with Crippen LogP contribution in [0.3, 0.4) is 0 Å². The van der Waals surface area contributed by atoms with Crippen LogP contribution in [-0.2, 0) is 28.6 Å². The maximum atomic E-state index is 14.6. The van der Waals surface area contributed by atoms with Crippen LogP contribution in [0.2, 0.25) is 0 Å². The third kappa shape index (κ3) is 9.98. The van der Waals surface area contributed by atoms with Gasteiger partial charge in [0.15, 0.2) is 12.4 Å². The summed E-state index contributed by atoms with van der Waals surface area (Å²) >= 11 is 0. The number of rotatable bonds is 9. The number of anilines is 1. The Bertz CT molecular complexity index is 2060. The molecule has 0 aromatic heterocycles. The second-order valence-corrected chi connectivity index (χ2v) is 15.9. The van der Waals surface area contributed by atoms with Crippen molar-refractivity contribution in [1.29, 1.82) is 0 Å². The van der Waals surface area contributed by atoms with E-state index < -0.39 is 95.5 Å². The normalized spacial score (nSPS) is 29.3. The van der Waals surface area contributed by atoms with Crippen molar-refractivity contribution in [3.8, 4) is 23.0 Å². The number of nitrogens with one attached hydrogen (secondary N) is 1. The first-order valence-corrected chi connectivity index (χ1v) is 20.7. The van der Waals surface area contributed by atoms with Crippen molar-refractivity contribution in [3.05, 3.63) is 53.3 Å². The van der Waals surface area contributed by atoms with Crippen molar-refractivity contribution < 1.29 is 63.3 Å². The highest BCUT2D eigenvalue weighted by Crippen LogP contribution is 2.54. The third-order valence-electron chi connectivity index (χ3n) is 11.8. The summed E-state index contributed by atoms with van der Waals surface area (Å²) < 4.78 is 29.9. The van der Waals surface area contributed by atoms with Crippen molar-refractivity contribution in [2.45, 2.75) is 106 Å². The molecule has 2 amide bonds. The summed E-state index contributed by atoms with van der Waals surface area (Å²) in [6, 6.07) is 1.27. The number of nitrogens with zero attached hydrogens (tertiary/aromatic N) is 2. The number of Topliss-reactive ketones (excluding diaryl/α,β-unsaturated/α-hetero) is 1. The highest BCUT2D eigenvalue weighted by Gasteiger charge is 2.50. The highest BCUT2D eigenvalue weighted by atomic mass is 16.7. The average molecular weight is 854 g/mol. The SMILES string of the molecule is CCN(CC)N(CC)C(=O)COc1cc2c(O)c3c(O)c(C)c4c(c13)C(=O)C(C)(O/C=C/C(OC)C(C)C(OC(C)=O)C(C)C(O)C(C)C(O)C(C)/C=C/C=C(/C)C(=O)N2)O4. The Morgan fingerprint density at radius 2 is 1.57 bits per heavy atom. The van der Waals surface area contributed by atoms with E-state index in [9.17, 15) is 39.6 Å². The first-order valence-electron chi connectivity index (χ1n) is 20.7. The minimum atomic E-state index is -2.03. The molecular formula is C45H63N3O13. The average Bonchev–Trinajstić information content (AvgIpc) is 3.49. The minimum absolute atomic E-state index is 0.0624. The Hall–Kier alpha value is -5.16. The van der Waals surface area contributed by atoms with Crippen LogP contribution in [0.25, 0.3) is 10.8 Å². The lowest BCUT2D eigenvalue weighted by molar-refractivity contribution is -0.160. The number of carbonyl (C=O) groups is 4. The van der Waals surface area contributed by atoms with Gasteiger partial charge in [-0.3, -0.25) is 24.2 Å². The molecule has 336 valence electrons. The molecule has 2 aromatic rings. The number of ether oxygens (including phenoxy) is 5. The summed E-state index contributed by atoms with van der Waals surface area (Å²) in [5.74, 6) is -8.12. The highest BCUT2D eigenvalue weighted by molar-refractivity contribution is 6.21. The third-order valence-corrected chi connectivity index (χ3v) is 11.8. The predicted octanol–water partition coefficient (Wildman–Crippen LogP) is 5.53. The molecule has 0 saturated carbocycles. The molecule has 16 nitrogen and oxygen atoms in total. The number of fused-ring (bicyclic) bond motifs is 14. The zero-order chi connectivity index (χ0) is 45.7. The Balaban J connectivity index is 1.94. The molecule has 16 heteroatoms. The summed E-state index contributed by atoms with van der Waals surface area (Å²) in [5.41, 5.74) is -0.0287. The Labute approximate surface area is 357 Å². The number of hydrazine groups is 1. The van der Waals surface area contributed by atoms with Gasteiger partial charge in [-0.25, -0.2) is 5.01 Å². The number of benzene rings is 2. The number of phenols is 2. The molecule has 3 heterocycles. The Kier molecular flexibility index (Phi) is 16.0. The molecule has 5 bridgehead atoms. The number of amides is 2. The molecule has 0 aliphatic carbocycles. The number of likely N-dealkylation sites (N-methyl/N-ethyl adjacent to an activating group) is 1. The van der Waals surface area contributed by atoms with Crippen LogP contribution >= 0.6 is 0 Å². The molecular weight excluding hydrogens is 791 g/mol. The number of methoxy groups -OCH3 is 1. The number of aliphatic hydroxyl groups excluding tert-OH is 2. The van der Waals surface area contributed by atoms with E-state index in [1.807, 2.05) is 25.8 Å². The van der Waals surface area contributed by atoms with Crippen molar-refractivity contribution in [2.75, 3.05) is 38.7 Å². The fourth-order valence-electron chi connectivity index (χ4n) is 8.06. The van der Waals surface area contributed by atoms with Gasteiger partial charge < -0.3 is 49.4 Å². The van der Waals surface area contributed by atoms with Crippen LogP contribution in [0, 0.1) is 30.6 Å². The molecule has 0 spiro atoms. The number of esters is 1. The molecule has 2 aromatic carbocycles. The molecule has 5 rings (SSSR count). The molecule has 0 fully saturated rings. The van der Waals surface area contributed by atoms with Gasteiger partial charge in [0.05, 0.1) is 41.2 Å². The van der Waals surface area contributed by atoms with Crippen LogP contribution in [0.5, 0.6) is 23.0 Å². The van der Waals surface area contributed by atoms with Gasteiger partial charge in [-0.2, -0.15) is 0 Å². The molecule has 3 aliphatic rings. The smallest absolute Gasteiger partial charge is 0.312 e. The first kappa shape index (κ1) is 48.5. The van der Waals surface area contributed by atoms with E-state index in [1.165, 1.54) is 64.3 Å². The van der Waals surface area contributed by atoms with Gasteiger partial charge >= 0.3 is 11.8 Å². The summed E-state index contributed by atoms with van der Waals surface area (Å²) in [6.45, 7) is 19.1. The van der Waals surface area contributed by atoms with Crippen molar-refractivity contribution in [1.82, 2.24) is 10.0 Å². The van der Waals surface area contributed by atoms with Gasteiger partial charge in [0.1, 0.15) is 23.4 Å². The number of phenolic OH excluding ortho intramolecular Hbond substituents is 2. The maximum Gasteiger partial charge on any atom is 0.312 e. The van der Waals surface area contributed by atoms with Gasteiger partial charge in [0.2, 0.25) is 0 Å². The standard InChI is InChI=1S/C45H63N3O13/c1-13-47(14-2)48(15-3)33(50)22-58-32-21-30-40(54)35-34(32)36-42(28(9)39(35)53)61-45(11,43(36)55)59-20-19-31(57-12)25(6)41(60-29(10)49)27(8)38(52)26(7)37(51)23(4)17-16-18-24(5)44(56)46-30/h16-21,23,25-27,31,37-38,41,51-54H,13-15,22H2,1-12H3,(H,46,56)/b17-16+,20-19+,24-18-. The van der Waals surface area contributed by atoms with E-state index in [4.69, 9.17) is 23.7 Å². The molecule has 3 aliphatic heterocycles. The van der Waals surface area contributed by atoms with E-state index in [0.29, 0.717) is 19.6 Å². The monoisotopic (exact) mass is 853 g/mol. The van der Waals surface area contributed by atoms with Crippen LogP contribution < -0.4 is 14.8 Å². The molecule has 0 radical (unpaired) electrons. The van der Waals surface area contributed by atoms with Crippen LogP contribution in [0.15, 0.2) is 42.2 Å². The molecule has 5 N–H and O–H groups in total. The Morgan fingerprint density at radius 1 is 0.918 bits per heavy atom.